The Bertz CT molecular complexity index is 784. The lowest BCUT2D eigenvalue weighted by Gasteiger charge is -2.05. The first-order chi connectivity index (χ1) is 9.16. The van der Waals surface area contributed by atoms with Gasteiger partial charge in [-0.2, -0.15) is 14.6 Å². The number of nitrogens with zero attached hydrogens (tertiary/aromatic N) is 4. The van der Waals surface area contributed by atoms with Crippen LogP contribution < -0.4 is 0 Å². The monoisotopic (exact) mass is 274 g/mol. The molecule has 0 aliphatic carbocycles. The van der Waals surface area contributed by atoms with E-state index < -0.39 is 5.97 Å². The van der Waals surface area contributed by atoms with E-state index in [2.05, 4.69) is 15.1 Å². The highest BCUT2D eigenvalue weighted by atomic mass is 35.5. The number of hydrogen-bond acceptors (Lipinski definition) is 4. The minimum Gasteiger partial charge on any atom is -0.477 e. The molecular formula is C12H7ClN4O2. The number of benzene rings is 1. The van der Waals surface area contributed by atoms with Gasteiger partial charge in [0.1, 0.15) is 6.33 Å². The van der Waals surface area contributed by atoms with E-state index in [0.717, 1.165) is 0 Å². The summed E-state index contributed by atoms with van der Waals surface area (Å²) >= 11 is 6.09. The van der Waals surface area contributed by atoms with Gasteiger partial charge in [-0.1, -0.05) is 29.8 Å². The van der Waals surface area contributed by atoms with Gasteiger partial charge >= 0.3 is 5.97 Å². The van der Waals surface area contributed by atoms with Crippen LogP contribution in [0.4, 0.5) is 0 Å². The molecule has 0 bridgehead atoms. The van der Waals surface area contributed by atoms with Crippen LogP contribution in [0.2, 0.25) is 5.02 Å². The Morgan fingerprint density at radius 2 is 2.11 bits per heavy atom. The maximum atomic E-state index is 11.2. The van der Waals surface area contributed by atoms with Gasteiger partial charge in [-0.3, -0.25) is 0 Å². The number of fused-ring (bicyclic) bond motifs is 1. The summed E-state index contributed by atoms with van der Waals surface area (Å²) < 4.78 is 1.17. The lowest BCUT2D eigenvalue weighted by atomic mass is 10.1. The summed E-state index contributed by atoms with van der Waals surface area (Å²) in [4.78, 5) is 19.4. The molecule has 1 aromatic carbocycles. The SMILES string of the molecule is O=C(O)c1cc(-c2ccccc2Cl)nc2ncnn12. The second-order valence-corrected chi connectivity index (χ2v) is 4.19. The molecule has 19 heavy (non-hydrogen) atoms. The van der Waals surface area contributed by atoms with Crippen molar-refractivity contribution in [3.63, 3.8) is 0 Å². The van der Waals surface area contributed by atoms with Crippen LogP contribution in [0.25, 0.3) is 17.0 Å². The molecule has 0 saturated heterocycles. The van der Waals surface area contributed by atoms with Crippen molar-refractivity contribution in [2.24, 2.45) is 0 Å². The molecule has 1 N–H and O–H groups in total. The highest BCUT2D eigenvalue weighted by Gasteiger charge is 2.15. The summed E-state index contributed by atoms with van der Waals surface area (Å²) in [6, 6.07) is 8.50. The van der Waals surface area contributed by atoms with Gasteiger partial charge < -0.3 is 5.11 Å². The molecule has 0 radical (unpaired) electrons. The van der Waals surface area contributed by atoms with E-state index in [1.807, 2.05) is 0 Å². The third-order valence-corrected chi connectivity index (χ3v) is 2.95. The van der Waals surface area contributed by atoms with Crippen molar-refractivity contribution < 1.29 is 9.90 Å². The summed E-state index contributed by atoms with van der Waals surface area (Å²) in [6.45, 7) is 0. The number of halogens is 1. The molecular weight excluding hydrogens is 268 g/mol. The number of aromatic carboxylic acids is 1. The summed E-state index contributed by atoms with van der Waals surface area (Å²) in [7, 11) is 0. The van der Waals surface area contributed by atoms with E-state index in [1.54, 1.807) is 24.3 Å². The fourth-order valence-electron chi connectivity index (χ4n) is 1.77. The van der Waals surface area contributed by atoms with E-state index in [0.29, 0.717) is 16.3 Å². The van der Waals surface area contributed by atoms with Crippen molar-refractivity contribution in [3.05, 3.63) is 47.4 Å². The number of hydrogen-bond donors (Lipinski definition) is 1. The highest BCUT2D eigenvalue weighted by Crippen LogP contribution is 2.26. The van der Waals surface area contributed by atoms with Gasteiger partial charge in [-0.25, -0.2) is 9.78 Å². The summed E-state index contributed by atoms with van der Waals surface area (Å²) in [5, 5.41) is 13.5. The largest absolute Gasteiger partial charge is 0.477 e. The van der Waals surface area contributed by atoms with E-state index in [4.69, 9.17) is 11.6 Å². The number of carbonyl (C=O) groups is 1. The third kappa shape index (κ3) is 1.92. The van der Waals surface area contributed by atoms with Crippen molar-refractivity contribution in [3.8, 4) is 11.3 Å². The average Bonchev–Trinajstić information content (AvgIpc) is 2.86. The molecule has 3 rings (SSSR count). The molecule has 0 spiro atoms. The van der Waals surface area contributed by atoms with Crippen molar-refractivity contribution in [2.75, 3.05) is 0 Å². The Labute approximate surface area is 112 Å². The molecule has 0 aliphatic heterocycles. The van der Waals surface area contributed by atoms with Gasteiger partial charge in [-0.15, -0.1) is 0 Å². The van der Waals surface area contributed by atoms with E-state index in [-0.39, 0.29) is 11.5 Å². The Kier molecular flexibility index (Phi) is 2.64. The molecule has 0 atom stereocenters. The fourth-order valence-corrected chi connectivity index (χ4v) is 2.00. The zero-order chi connectivity index (χ0) is 13.4. The van der Waals surface area contributed by atoms with E-state index >= 15 is 0 Å². The van der Waals surface area contributed by atoms with Crippen LogP contribution >= 0.6 is 11.6 Å². The van der Waals surface area contributed by atoms with Gasteiger partial charge in [0.2, 0.25) is 0 Å². The zero-order valence-electron chi connectivity index (χ0n) is 9.49. The Morgan fingerprint density at radius 3 is 2.84 bits per heavy atom. The molecule has 3 aromatic rings. The van der Waals surface area contributed by atoms with Crippen LogP contribution in [0.15, 0.2) is 36.7 Å². The normalized spacial score (nSPS) is 10.8. The smallest absolute Gasteiger partial charge is 0.354 e. The number of carboxylic acid groups (broad SMARTS) is 1. The molecule has 0 saturated carbocycles. The number of rotatable bonds is 2. The highest BCUT2D eigenvalue weighted by molar-refractivity contribution is 6.33. The van der Waals surface area contributed by atoms with E-state index in [9.17, 15) is 9.90 Å². The first kappa shape index (κ1) is 11.6. The molecule has 2 aromatic heterocycles. The number of carboxylic acids is 1. The minimum atomic E-state index is -1.11. The van der Waals surface area contributed by atoms with Crippen LogP contribution in [-0.4, -0.2) is 30.7 Å². The lowest BCUT2D eigenvalue weighted by molar-refractivity contribution is 0.0687. The Balaban J connectivity index is 2.31. The van der Waals surface area contributed by atoms with E-state index in [1.165, 1.54) is 16.9 Å². The third-order valence-electron chi connectivity index (χ3n) is 2.62. The predicted octanol–water partition coefficient (Wildman–Crippen LogP) is 2.14. The molecule has 94 valence electrons. The Hall–Kier alpha value is -2.47. The molecule has 2 heterocycles. The predicted molar refractivity (Wildman–Crippen MR) is 68.2 cm³/mol. The summed E-state index contributed by atoms with van der Waals surface area (Å²) in [6.07, 6.45) is 1.26. The van der Waals surface area contributed by atoms with Gasteiger partial charge in [0.05, 0.1) is 5.69 Å². The molecule has 0 fully saturated rings. The molecule has 0 unspecified atom stereocenters. The quantitative estimate of drug-likeness (QED) is 0.774. The summed E-state index contributed by atoms with van der Waals surface area (Å²) in [5.74, 6) is -0.888. The van der Waals surface area contributed by atoms with Crippen molar-refractivity contribution >= 4 is 23.3 Å². The second kappa shape index (κ2) is 4.33. The maximum absolute atomic E-state index is 11.2. The van der Waals surface area contributed by atoms with Gasteiger partial charge in [0.15, 0.2) is 5.69 Å². The second-order valence-electron chi connectivity index (χ2n) is 3.78. The molecule has 6 nitrogen and oxygen atoms in total. The van der Waals surface area contributed by atoms with Crippen molar-refractivity contribution in [1.82, 2.24) is 19.6 Å². The van der Waals surface area contributed by atoms with Crippen LogP contribution in [0, 0.1) is 0 Å². The van der Waals surface area contributed by atoms with Crippen LogP contribution in [-0.2, 0) is 0 Å². The fraction of sp³-hybridized carbons (Fsp3) is 0. The first-order valence-corrected chi connectivity index (χ1v) is 5.73. The minimum absolute atomic E-state index is 0.0163. The van der Waals surface area contributed by atoms with Crippen molar-refractivity contribution in [2.45, 2.75) is 0 Å². The Morgan fingerprint density at radius 1 is 1.32 bits per heavy atom. The van der Waals surface area contributed by atoms with Gasteiger partial charge in [0.25, 0.3) is 5.78 Å². The van der Waals surface area contributed by atoms with Crippen molar-refractivity contribution in [1.29, 1.82) is 0 Å². The number of aromatic nitrogens is 4. The zero-order valence-corrected chi connectivity index (χ0v) is 10.2. The molecule has 0 aliphatic rings. The average molecular weight is 275 g/mol. The molecule has 7 heteroatoms. The first-order valence-electron chi connectivity index (χ1n) is 5.36. The lowest BCUT2D eigenvalue weighted by Crippen LogP contribution is -2.08. The topological polar surface area (TPSA) is 80.4 Å². The molecule has 0 amide bonds. The van der Waals surface area contributed by atoms with Crippen LogP contribution in [0.5, 0.6) is 0 Å². The van der Waals surface area contributed by atoms with Crippen LogP contribution in [0.3, 0.4) is 0 Å². The summed E-state index contributed by atoms with van der Waals surface area (Å²) in [5.41, 5.74) is 1.08. The maximum Gasteiger partial charge on any atom is 0.354 e. The van der Waals surface area contributed by atoms with Gasteiger partial charge in [-0.05, 0) is 12.1 Å². The standard InChI is InChI=1S/C12H7ClN4O2/c13-8-4-2-1-3-7(8)9-5-10(11(18)19)17-12(16-9)14-6-15-17/h1-6H,(H,18,19). The van der Waals surface area contributed by atoms with Crippen LogP contribution in [0.1, 0.15) is 10.5 Å². The van der Waals surface area contributed by atoms with Gasteiger partial charge in [0, 0.05) is 10.6 Å².